The third-order valence-electron chi connectivity index (χ3n) is 2.15. The minimum absolute atomic E-state index is 0.226. The summed E-state index contributed by atoms with van der Waals surface area (Å²) in [7, 11) is -3.06. The average molecular weight is 193 g/mol. The Morgan fingerprint density at radius 1 is 1.50 bits per heavy atom. The number of nitrogens with one attached hydrogen (secondary N) is 1. The van der Waals surface area contributed by atoms with Gasteiger partial charge in [-0.25, -0.2) is 13.1 Å². The molecule has 1 fully saturated rings. The van der Waals surface area contributed by atoms with Crippen molar-refractivity contribution in [3.63, 3.8) is 0 Å². The molecule has 12 heavy (non-hydrogen) atoms. The van der Waals surface area contributed by atoms with E-state index < -0.39 is 10.0 Å². The first-order chi connectivity index (χ1) is 5.47. The van der Waals surface area contributed by atoms with Gasteiger partial charge < -0.3 is 5.11 Å². The third-order valence-corrected chi connectivity index (χ3v) is 2.84. The van der Waals surface area contributed by atoms with Crippen molar-refractivity contribution >= 4 is 10.0 Å². The molecule has 1 aliphatic carbocycles. The summed E-state index contributed by atoms with van der Waals surface area (Å²) in [5.74, 6) is 0.315. The first-order valence-corrected chi connectivity index (χ1v) is 5.99. The summed E-state index contributed by atoms with van der Waals surface area (Å²) < 4.78 is 23.8. The Morgan fingerprint density at radius 3 is 2.58 bits per heavy atom. The van der Waals surface area contributed by atoms with Crippen LogP contribution in [-0.2, 0) is 10.0 Å². The second-order valence-corrected chi connectivity index (χ2v) is 5.29. The molecule has 0 heterocycles. The molecule has 0 amide bonds. The van der Waals surface area contributed by atoms with E-state index >= 15 is 0 Å². The van der Waals surface area contributed by atoms with Crippen LogP contribution in [0.4, 0.5) is 0 Å². The summed E-state index contributed by atoms with van der Waals surface area (Å²) in [5.41, 5.74) is 0. The van der Waals surface area contributed by atoms with Crippen LogP contribution in [0.15, 0.2) is 0 Å². The van der Waals surface area contributed by atoms with E-state index in [1.54, 1.807) is 0 Å². The fraction of sp³-hybridized carbons (Fsp3) is 1.00. The molecule has 2 N–H and O–H groups in total. The van der Waals surface area contributed by atoms with Gasteiger partial charge in [-0.15, -0.1) is 0 Å². The van der Waals surface area contributed by atoms with Crippen LogP contribution in [0.25, 0.3) is 0 Å². The number of aliphatic hydroxyl groups excluding tert-OH is 1. The maximum absolute atomic E-state index is 10.7. The highest BCUT2D eigenvalue weighted by atomic mass is 32.2. The highest BCUT2D eigenvalue weighted by molar-refractivity contribution is 7.88. The lowest BCUT2D eigenvalue weighted by Crippen LogP contribution is -2.27. The van der Waals surface area contributed by atoms with Crippen molar-refractivity contribution < 1.29 is 13.5 Å². The summed E-state index contributed by atoms with van der Waals surface area (Å²) in [6, 6.07) is 0. The van der Waals surface area contributed by atoms with Crippen molar-refractivity contribution in [3.05, 3.63) is 0 Å². The van der Waals surface area contributed by atoms with Crippen molar-refractivity contribution in [2.75, 3.05) is 12.8 Å². The molecule has 0 bridgehead atoms. The molecule has 4 nitrogen and oxygen atoms in total. The van der Waals surface area contributed by atoms with Crippen molar-refractivity contribution in [2.24, 2.45) is 5.92 Å². The van der Waals surface area contributed by atoms with Crippen LogP contribution in [0.1, 0.15) is 19.3 Å². The highest BCUT2D eigenvalue weighted by Crippen LogP contribution is 2.24. The number of sulfonamides is 1. The Labute approximate surface area is 73.0 Å². The molecule has 1 aliphatic rings. The van der Waals surface area contributed by atoms with Crippen LogP contribution in [-0.4, -0.2) is 32.4 Å². The van der Waals surface area contributed by atoms with Crippen LogP contribution in [0, 0.1) is 5.92 Å². The highest BCUT2D eigenvalue weighted by Gasteiger charge is 2.23. The molecule has 0 spiro atoms. The predicted molar refractivity (Wildman–Crippen MR) is 46.2 cm³/mol. The van der Waals surface area contributed by atoms with Gasteiger partial charge in [0.2, 0.25) is 10.0 Å². The quantitative estimate of drug-likeness (QED) is 0.646. The molecule has 0 aromatic heterocycles. The second-order valence-electron chi connectivity index (χ2n) is 3.45. The molecule has 0 aromatic rings. The molecule has 2 atom stereocenters. The van der Waals surface area contributed by atoms with Gasteiger partial charge in [0.05, 0.1) is 12.4 Å². The van der Waals surface area contributed by atoms with Gasteiger partial charge >= 0.3 is 0 Å². The van der Waals surface area contributed by atoms with Crippen LogP contribution >= 0.6 is 0 Å². The van der Waals surface area contributed by atoms with Gasteiger partial charge in [0.25, 0.3) is 0 Å². The number of rotatable bonds is 3. The normalized spacial score (nSPS) is 30.8. The summed E-state index contributed by atoms with van der Waals surface area (Å²) >= 11 is 0. The molecule has 72 valence electrons. The van der Waals surface area contributed by atoms with E-state index in [0.29, 0.717) is 12.5 Å². The third kappa shape index (κ3) is 3.51. The van der Waals surface area contributed by atoms with Crippen LogP contribution in [0.2, 0.25) is 0 Å². The Kier molecular flexibility index (Phi) is 3.09. The molecular formula is C7H15NO3S. The lowest BCUT2D eigenvalue weighted by molar-refractivity contribution is 0.178. The van der Waals surface area contributed by atoms with Gasteiger partial charge in [0.15, 0.2) is 0 Å². The molecule has 0 saturated heterocycles. The van der Waals surface area contributed by atoms with Gasteiger partial charge in [-0.05, 0) is 25.2 Å². The smallest absolute Gasteiger partial charge is 0.208 e. The van der Waals surface area contributed by atoms with Gasteiger partial charge in [-0.3, -0.25) is 0 Å². The summed E-state index contributed by atoms with van der Waals surface area (Å²) in [4.78, 5) is 0. The van der Waals surface area contributed by atoms with E-state index in [4.69, 9.17) is 5.11 Å². The Bertz CT molecular complexity index is 237. The molecule has 1 saturated carbocycles. The maximum atomic E-state index is 10.7. The fourth-order valence-electron chi connectivity index (χ4n) is 1.50. The number of aliphatic hydroxyl groups is 1. The zero-order valence-electron chi connectivity index (χ0n) is 7.16. The molecule has 0 radical (unpaired) electrons. The molecule has 5 heteroatoms. The monoisotopic (exact) mass is 193 g/mol. The first-order valence-electron chi connectivity index (χ1n) is 4.10. The zero-order valence-corrected chi connectivity index (χ0v) is 7.97. The van der Waals surface area contributed by atoms with Crippen LogP contribution in [0.5, 0.6) is 0 Å². The minimum atomic E-state index is -3.06. The molecule has 0 aromatic carbocycles. The molecule has 1 rings (SSSR count). The summed E-state index contributed by atoms with van der Waals surface area (Å²) in [6.07, 6.45) is 3.37. The minimum Gasteiger partial charge on any atom is -0.393 e. The van der Waals surface area contributed by atoms with E-state index in [1.807, 2.05) is 0 Å². The average Bonchev–Trinajstić information content (AvgIpc) is 2.30. The van der Waals surface area contributed by atoms with Gasteiger partial charge in [-0.2, -0.15) is 0 Å². The van der Waals surface area contributed by atoms with E-state index in [9.17, 15) is 8.42 Å². The van der Waals surface area contributed by atoms with Crippen molar-refractivity contribution in [3.8, 4) is 0 Å². The van der Waals surface area contributed by atoms with E-state index in [0.717, 1.165) is 25.5 Å². The van der Waals surface area contributed by atoms with Crippen molar-refractivity contribution in [2.45, 2.75) is 25.4 Å². The number of hydrogen-bond acceptors (Lipinski definition) is 3. The summed E-state index contributed by atoms with van der Waals surface area (Å²) in [5, 5.41) is 9.15. The van der Waals surface area contributed by atoms with Gasteiger partial charge in [-0.1, -0.05) is 0 Å². The lowest BCUT2D eigenvalue weighted by atomic mass is 10.1. The molecule has 2 unspecified atom stereocenters. The van der Waals surface area contributed by atoms with E-state index in [-0.39, 0.29) is 6.10 Å². The summed E-state index contributed by atoms with van der Waals surface area (Å²) in [6.45, 7) is 0.468. The zero-order chi connectivity index (χ0) is 9.19. The lowest BCUT2D eigenvalue weighted by Gasteiger charge is -2.08. The standard InChI is InChI=1S/C7H15NO3S/c1-12(10,11)8-5-6-2-3-7(9)4-6/h6-9H,2-5H2,1H3. The molecule has 0 aliphatic heterocycles. The van der Waals surface area contributed by atoms with E-state index in [1.165, 1.54) is 0 Å². The SMILES string of the molecule is CS(=O)(=O)NCC1CCC(O)C1. The topological polar surface area (TPSA) is 66.4 Å². The van der Waals surface area contributed by atoms with Crippen molar-refractivity contribution in [1.82, 2.24) is 4.72 Å². The first kappa shape index (κ1) is 9.95. The van der Waals surface area contributed by atoms with Gasteiger partial charge in [0.1, 0.15) is 0 Å². The second kappa shape index (κ2) is 3.72. The Morgan fingerprint density at radius 2 is 2.17 bits per heavy atom. The predicted octanol–water partition coefficient (Wildman–Crippen LogP) is -0.303. The van der Waals surface area contributed by atoms with Crippen LogP contribution in [0.3, 0.4) is 0 Å². The van der Waals surface area contributed by atoms with Gasteiger partial charge in [0, 0.05) is 6.54 Å². The molecular weight excluding hydrogens is 178 g/mol. The number of hydrogen-bond donors (Lipinski definition) is 2. The Balaban J connectivity index is 2.25. The fourth-order valence-corrected chi connectivity index (χ4v) is 2.04. The van der Waals surface area contributed by atoms with Crippen molar-refractivity contribution in [1.29, 1.82) is 0 Å². The Hall–Kier alpha value is -0.130. The van der Waals surface area contributed by atoms with E-state index in [2.05, 4.69) is 4.72 Å². The largest absolute Gasteiger partial charge is 0.393 e. The maximum Gasteiger partial charge on any atom is 0.208 e. The van der Waals surface area contributed by atoms with Crippen LogP contribution < -0.4 is 4.72 Å².